The number of nitrogens with one attached hydrogen (secondary N) is 1. The van der Waals surface area contributed by atoms with Crippen molar-refractivity contribution in [3.63, 3.8) is 0 Å². The van der Waals surface area contributed by atoms with Gasteiger partial charge < -0.3 is 15.0 Å². The lowest BCUT2D eigenvalue weighted by Gasteiger charge is -2.29. The highest BCUT2D eigenvalue weighted by Gasteiger charge is 2.53. The molecule has 1 N–H and O–H groups in total. The molecule has 2 amide bonds. The van der Waals surface area contributed by atoms with Crippen LogP contribution in [0.5, 0.6) is 0 Å². The second-order valence-electron chi connectivity index (χ2n) is 4.85. The zero-order valence-corrected chi connectivity index (χ0v) is 12.0. The second-order valence-corrected chi connectivity index (χ2v) is 6.36. The van der Waals surface area contributed by atoms with Gasteiger partial charge in [0.05, 0.1) is 11.4 Å². The molecule has 108 valence electrons. The van der Waals surface area contributed by atoms with Crippen LogP contribution < -0.4 is 5.32 Å². The Kier molecular flexibility index (Phi) is 4.23. The van der Waals surface area contributed by atoms with Gasteiger partial charge in [-0.05, 0) is 13.3 Å². The maximum atomic E-state index is 12.0. The largest absolute Gasteiger partial charge is 0.454 e. The van der Waals surface area contributed by atoms with Crippen molar-refractivity contribution in [2.45, 2.75) is 30.7 Å². The Labute approximate surface area is 121 Å². The summed E-state index contributed by atoms with van der Waals surface area (Å²) in [7, 11) is 0. The molecule has 0 radical (unpaired) electrons. The van der Waals surface area contributed by atoms with Crippen LogP contribution in [0.25, 0.3) is 0 Å². The number of thioether (sulfide) groups is 1. The lowest BCUT2D eigenvalue weighted by Crippen LogP contribution is -2.47. The first-order valence-electron chi connectivity index (χ1n) is 6.31. The fraction of sp³-hybridized carbons (Fsp3) is 0.615. The van der Waals surface area contributed by atoms with Crippen LogP contribution in [-0.4, -0.2) is 52.5 Å². The van der Waals surface area contributed by atoms with Gasteiger partial charge in [0.15, 0.2) is 6.61 Å². The normalized spacial score (nSPS) is 27.9. The number of amides is 2. The van der Waals surface area contributed by atoms with E-state index in [-0.39, 0.29) is 23.9 Å². The van der Waals surface area contributed by atoms with E-state index in [2.05, 4.69) is 11.2 Å². The standard InChI is InChI=1S/C13H16N2O4S/c1-3-6-14-10(16)7-19-12(18)9-8-20-13(2)5-4-11(17)15(9)13/h1,9H,4-8H2,2H3,(H,14,16)/t9-,13-/m1/s1. The number of hydrogen-bond acceptors (Lipinski definition) is 5. The van der Waals surface area contributed by atoms with Gasteiger partial charge in [-0.15, -0.1) is 18.2 Å². The summed E-state index contributed by atoms with van der Waals surface area (Å²) in [5.74, 6) is 1.75. The van der Waals surface area contributed by atoms with E-state index in [1.54, 1.807) is 16.7 Å². The molecule has 0 spiro atoms. The minimum atomic E-state index is -0.597. The monoisotopic (exact) mass is 296 g/mol. The number of rotatable bonds is 4. The van der Waals surface area contributed by atoms with E-state index in [9.17, 15) is 14.4 Å². The van der Waals surface area contributed by atoms with Crippen LogP contribution in [0.4, 0.5) is 0 Å². The Morgan fingerprint density at radius 1 is 1.65 bits per heavy atom. The molecule has 0 aromatic heterocycles. The van der Waals surface area contributed by atoms with Gasteiger partial charge >= 0.3 is 5.97 Å². The quantitative estimate of drug-likeness (QED) is 0.571. The highest BCUT2D eigenvalue weighted by Crippen LogP contribution is 2.47. The maximum absolute atomic E-state index is 12.0. The van der Waals surface area contributed by atoms with Crippen molar-refractivity contribution >= 4 is 29.5 Å². The van der Waals surface area contributed by atoms with Crippen LogP contribution in [0.15, 0.2) is 0 Å². The topological polar surface area (TPSA) is 75.7 Å². The van der Waals surface area contributed by atoms with Gasteiger partial charge in [-0.3, -0.25) is 9.59 Å². The smallest absolute Gasteiger partial charge is 0.330 e. The van der Waals surface area contributed by atoms with Crippen LogP contribution in [0.3, 0.4) is 0 Å². The van der Waals surface area contributed by atoms with Crippen LogP contribution in [0, 0.1) is 12.3 Å². The highest BCUT2D eigenvalue weighted by molar-refractivity contribution is 8.01. The molecular weight excluding hydrogens is 280 g/mol. The molecule has 2 aliphatic heterocycles. The molecule has 2 saturated heterocycles. The predicted molar refractivity (Wildman–Crippen MR) is 73.5 cm³/mol. The van der Waals surface area contributed by atoms with E-state index < -0.39 is 17.9 Å². The van der Waals surface area contributed by atoms with Crippen molar-refractivity contribution in [1.29, 1.82) is 0 Å². The maximum Gasteiger partial charge on any atom is 0.330 e. The van der Waals surface area contributed by atoms with Gasteiger partial charge in [-0.1, -0.05) is 5.92 Å². The molecule has 6 nitrogen and oxygen atoms in total. The van der Waals surface area contributed by atoms with Gasteiger partial charge in [-0.2, -0.15) is 0 Å². The molecule has 0 unspecified atom stereocenters. The number of esters is 1. The summed E-state index contributed by atoms with van der Waals surface area (Å²) in [6, 6.07) is -0.597. The molecule has 20 heavy (non-hydrogen) atoms. The van der Waals surface area contributed by atoms with Gasteiger partial charge in [0.2, 0.25) is 5.91 Å². The van der Waals surface area contributed by atoms with E-state index in [0.29, 0.717) is 12.2 Å². The van der Waals surface area contributed by atoms with Gasteiger partial charge in [0, 0.05) is 12.2 Å². The molecule has 2 atom stereocenters. The summed E-state index contributed by atoms with van der Waals surface area (Å²) in [6.45, 7) is 1.67. The summed E-state index contributed by atoms with van der Waals surface area (Å²) in [5.41, 5.74) is 0. The van der Waals surface area contributed by atoms with Crippen molar-refractivity contribution in [3.05, 3.63) is 0 Å². The average Bonchev–Trinajstić information content (AvgIpc) is 2.91. The number of nitrogens with zero attached hydrogens (tertiary/aromatic N) is 1. The minimum absolute atomic E-state index is 0.0313. The second kappa shape index (κ2) is 5.75. The molecule has 7 heteroatoms. The number of ether oxygens (including phenoxy) is 1. The average molecular weight is 296 g/mol. The first-order chi connectivity index (χ1) is 9.48. The summed E-state index contributed by atoms with van der Waals surface area (Å²) >= 11 is 1.58. The summed E-state index contributed by atoms with van der Waals surface area (Å²) in [4.78, 5) is 36.5. The third-order valence-corrected chi connectivity index (χ3v) is 4.96. The van der Waals surface area contributed by atoms with Gasteiger partial charge in [-0.25, -0.2) is 4.79 Å². The molecule has 0 aromatic carbocycles. The van der Waals surface area contributed by atoms with Crippen molar-refractivity contribution in [3.8, 4) is 12.3 Å². The first kappa shape index (κ1) is 14.7. The summed E-state index contributed by atoms with van der Waals surface area (Å²) < 4.78 is 4.96. The number of carbonyl (C=O) groups is 3. The first-order valence-corrected chi connectivity index (χ1v) is 7.29. The lowest BCUT2D eigenvalue weighted by atomic mass is 10.2. The lowest BCUT2D eigenvalue weighted by molar-refractivity contribution is -0.156. The highest BCUT2D eigenvalue weighted by atomic mass is 32.2. The summed E-state index contributed by atoms with van der Waals surface area (Å²) in [6.07, 6.45) is 6.19. The van der Waals surface area contributed by atoms with Crippen molar-refractivity contribution in [1.82, 2.24) is 10.2 Å². The molecule has 0 aromatic rings. The van der Waals surface area contributed by atoms with E-state index in [1.165, 1.54) is 0 Å². The van der Waals surface area contributed by atoms with E-state index in [4.69, 9.17) is 11.2 Å². The van der Waals surface area contributed by atoms with Crippen LogP contribution in [0.1, 0.15) is 19.8 Å². The van der Waals surface area contributed by atoms with Crippen LogP contribution in [0.2, 0.25) is 0 Å². The third-order valence-electron chi connectivity index (χ3n) is 3.45. The fourth-order valence-corrected chi connectivity index (χ4v) is 3.85. The zero-order chi connectivity index (χ0) is 14.8. The molecular formula is C13H16N2O4S. The molecule has 0 saturated carbocycles. The van der Waals surface area contributed by atoms with Crippen molar-refractivity contribution in [2.24, 2.45) is 0 Å². The van der Waals surface area contributed by atoms with E-state index in [1.807, 2.05) is 6.92 Å². The van der Waals surface area contributed by atoms with E-state index >= 15 is 0 Å². The molecule has 2 aliphatic rings. The number of carbonyl (C=O) groups excluding carboxylic acids is 3. The Hall–Kier alpha value is -1.68. The van der Waals surface area contributed by atoms with Gasteiger partial charge in [0.25, 0.3) is 5.91 Å². The number of fused-ring (bicyclic) bond motifs is 1. The molecule has 2 heterocycles. The zero-order valence-electron chi connectivity index (χ0n) is 11.2. The fourth-order valence-electron chi connectivity index (χ4n) is 2.43. The van der Waals surface area contributed by atoms with Crippen LogP contribution in [-0.2, 0) is 19.1 Å². The molecule has 0 bridgehead atoms. The summed E-state index contributed by atoms with van der Waals surface area (Å²) in [5, 5.41) is 2.40. The SMILES string of the molecule is C#CCNC(=O)COC(=O)[C@H]1CS[C@]2(C)CCC(=O)N12. The van der Waals surface area contributed by atoms with Gasteiger partial charge in [0.1, 0.15) is 6.04 Å². The Morgan fingerprint density at radius 2 is 2.40 bits per heavy atom. The predicted octanol–water partition coefficient (Wildman–Crippen LogP) is -0.267. The Morgan fingerprint density at radius 3 is 3.10 bits per heavy atom. The molecule has 0 aliphatic carbocycles. The molecule has 2 fully saturated rings. The minimum Gasteiger partial charge on any atom is -0.454 e. The van der Waals surface area contributed by atoms with E-state index in [0.717, 1.165) is 6.42 Å². The third kappa shape index (κ3) is 2.75. The van der Waals surface area contributed by atoms with Crippen molar-refractivity contribution < 1.29 is 19.1 Å². The Bertz CT molecular complexity index is 487. The Balaban J connectivity index is 1.89. The number of terminal acetylenes is 1. The molecule has 2 rings (SSSR count). The van der Waals surface area contributed by atoms with Crippen LogP contribution >= 0.6 is 11.8 Å². The van der Waals surface area contributed by atoms with Crippen molar-refractivity contribution in [2.75, 3.05) is 18.9 Å². The number of hydrogen-bond donors (Lipinski definition) is 1.